The summed E-state index contributed by atoms with van der Waals surface area (Å²) in [6, 6.07) is 65.2. The van der Waals surface area contributed by atoms with Crippen molar-refractivity contribution < 1.29 is 22.0 Å². The van der Waals surface area contributed by atoms with Crippen LogP contribution in [0.3, 0.4) is 0 Å². The van der Waals surface area contributed by atoms with Gasteiger partial charge in [0.1, 0.15) is 17.2 Å². The van der Waals surface area contributed by atoms with Gasteiger partial charge in [-0.25, -0.2) is 8.78 Å². The van der Waals surface area contributed by atoms with Crippen molar-refractivity contribution >= 4 is 87.2 Å². The van der Waals surface area contributed by atoms with E-state index in [-0.39, 0.29) is 22.5 Å². The van der Waals surface area contributed by atoms with Crippen LogP contribution in [0, 0.1) is 11.6 Å². The van der Waals surface area contributed by atoms with E-state index in [4.69, 9.17) is 0 Å². The van der Waals surface area contributed by atoms with E-state index in [9.17, 15) is 0 Å². The molecule has 0 saturated heterocycles. The van der Waals surface area contributed by atoms with Crippen LogP contribution in [-0.2, 0) is 6.18 Å². The molecule has 0 amide bonds. The third kappa shape index (κ3) is 5.81. The molecule has 14 rings (SSSR count). The largest absolute Gasteiger partial charge is 0.420 e. The molecule has 0 N–H and O–H groups in total. The molecule has 0 unspecified atom stereocenters. The Hall–Kier alpha value is -8.95. The van der Waals surface area contributed by atoms with Gasteiger partial charge < -0.3 is 18.3 Å². The molecule has 0 radical (unpaired) electrons. The fraction of sp³-hybridized carbons (Fsp3) is 0.0164. The lowest BCUT2D eigenvalue weighted by molar-refractivity contribution is -0.137. The molecule has 0 atom stereocenters. The van der Waals surface area contributed by atoms with Crippen molar-refractivity contribution in [2.24, 2.45) is 0 Å². The van der Waals surface area contributed by atoms with Crippen LogP contribution in [0.25, 0.3) is 121 Å². The second-order valence-corrected chi connectivity index (χ2v) is 17.9. The first kappa shape index (κ1) is 40.1. The van der Waals surface area contributed by atoms with Gasteiger partial charge in [0.25, 0.3) is 0 Å². The highest BCUT2D eigenvalue weighted by Crippen LogP contribution is 2.47. The topological polar surface area (TPSA) is 19.7 Å². The van der Waals surface area contributed by atoms with Gasteiger partial charge >= 0.3 is 6.18 Å². The maximum Gasteiger partial charge on any atom is 0.420 e. The van der Waals surface area contributed by atoms with Crippen molar-refractivity contribution in [3.05, 3.63) is 230 Å². The lowest BCUT2D eigenvalue weighted by atomic mass is 9.98. The van der Waals surface area contributed by atoms with Crippen molar-refractivity contribution in [1.82, 2.24) is 18.3 Å². The zero-order chi connectivity index (χ0) is 47.0. The molecule has 0 aliphatic heterocycles. The lowest BCUT2D eigenvalue weighted by Gasteiger charge is -2.23. The predicted molar refractivity (Wildman–Crippen MR) is 274 cm³/mol. The van der Waals surface area contributed by atoms with Crippen LogP contribution < -0.4 is 0 Å². The molecule has 0 bridgehead atoms. The fourth-order valence-electron chi connectivity index (χ4n) is 11.3. The summed E-state index contributed by atoms with van der Waals surface area (Å²) in [7, 11) is 0. The number of aromatic nitrogens is 4. The smallest absolute Gasteiger partial charge is 0.309 e. The second kappa shape index (κ2) is 14.8. The van der Waals surface area contributed by atoms with Crippen molar-refractivity contribution in [3.63, 3.8) is 0 Å². The first-order valence-corrected chi connectivity index (χ1v) is 23.0. The number of para-hydroxylation sites is 6. The molecule has 4 heterocycles. The van der Waals surface area contributed by atoms with Crippen LogP contribution in [0.2, 0.25) is 0 Å². The number of hydrogen-bond donors (Lipinski definition) is 0. The van der Waals surface area contributed by atoms with Gasteiger partial charge in [-0.1, -0.05) is 109 Å². The number of nitrogens with zero attached hydrogens (tertiary/aromatic N) is 4. The Kier molecular flexibility index (Phi) is 8.47. The van der Waals surface area contributed by atoms with Crippen LogP contribution in [0.4, 0.5) is 22.0 Å². The second-order valence-electron chi connectivity index (χ2n) is 17.9. The summed E-state index contributed by atoms with van der Waals surface area (Å²) in [6.45, 7) is 0. The van der Waals surface area contributed by atoms with Crippen LogP contribution in [-0.4, -0.2) is 18.3 Å². The normalized spacial score (nSPS) is 12.4. The molecule has 4 aromatic heterocycles. The summed E-state index contributed by atoms with van der Waals surface area (Å²) in [5.74, 6) is -1.69. The molecule has 14 aromatic rings. The molecule has 0 fully saturated rings. The van der Waals surface area contributed by atoms with E-state index in [1.54, 1.807) is 9.13 Å². The number of rotatable bonds is 5. The van der Waals surface area contributed by atoms with Crippen LogP contribution in [0.5, 0.6) is 0 Å². The van der Waals surface area contributed by atoms with Gasteiger partial charge in [0.2, 0.25) is 0 Å². The summed E-state index contributed by atoms with van der Waals surface area (Å²) in [5, 5.41) is 7.30. The fourth-order valence-corrected chi connectivity index (χ4v) is 11.3. The Balaban J connectivity index is 1.08. The Morgan fingerprint density at radius 1 is 0.271 bits per heavy atom. The van der Waals surface area contributed by atoms with Crippen molar-refractivity contribution in [3.8, 4) is 33.9 Å². The van der Waals surface area contributed by atoms with Gasteiger partial charge in [-0.05, 0) is 108 Å². The highest BCUT2D eigenvalue weighted by atomic mass is 19.4. The monoisotopic (exact) mass is 918 g/mol. The molecule has 0 aliphatic carbocycles. The van der Waals surface area contributed by atoms with Crippen LogP contribution >= 0.6 is 0 Å². The maximum atomic E-state index is 16.7. The summed E-state index contributed by atoms with van der Waals surface area (Å²) in [4.78, 5) is 0. The minimum absolute atomic E-state index is 0.0950. The van der Waals surface area contributed by atoms with Crippen molar-refractivity contribution in [1.29, 1.82) is 0 Å². The molecule has 0 spiro atoms. The zero-order valence-corrected chi connectivity index (χ0v) is 36.9. The maximum absolute atomic E-state index is 16.7. The van der Waals surface area contributed by atoms with Gasteiger partial charge in [0.05, 0.1) is 55.5 Å². The highest BCUT2D eigenvalue weighted by molar-refractivity contribution is 6.14. The molecule has 0 saturated carbocycles. The van der Waals surface area contributed by atoms with Crippen molar-refractivity contribution in [2.45, 2.75) is 6.18 Å². The highest BCUT2D eigenvalue weighted by Gasteiger charge is 2.40. The van der Waals surface area contributed by atoms with Gasteiger partial charge in [-0.3, -0.25) is 0 Å². The lowest BCUT2D eigenvalue weighted by Crippen LogP contribution is -2.16. The third-order valence-corrected chi connectivity index (χ3v) is 14.0. The number of fused-ring (bicyclic) bond motifs is 12. The van der Waals surface area contributed by atoms with Gasteiger partial charge in [0.15, 0.2) is 0 Å². The Morgan fingerprint density at radius 3 is 0.900 bits per heavy atom. The summed E-state index contributed by atoms with van der Waals surface area (Å²) >= 11 is 0. The SMILES string of the molecule is Fc1cc(F)cc(-c2cc(-n3c4ccccc4c4cc(-n5c6ccccc6c6ccccc65)ccc43)c(C(F)(F)F)c(-n3c4ccccc4c4cc(-n5c6ccccc6c6ccccc65)ccc43)c2)c1. The van der Waals surface area contributed by atoms with Crippen molar-refractivity contribution in [2.75, 3.05) is 0 Å². The first-order chi connectivity index (χ1) is 34.2. The van der Waals surface area contributed by atoms with Gasteiger partial charge in [-0.15, -0.1) is 0 Å². The molecule has 4 nitrogen and oxygen atoms in total. The first-order valence-electron chi connectivity index (χ1n) is 23.0. The molecule has 70 heavy (non-hydrogen) atoms. The number of halogens is 5. The molecular formula is C61H35F5N4. The molecule has 334 valence electrons. The standard InChI is InChI=1S/C61H35F5N4/c62-38-29-36(30-39(63)33-38)37-31-58(69-54-23-11-5-17-46(54)48-34-40(25-27-56(48)69)67-50-19-7-1-13-42(50)43-14-2-8-20-51(43)67)60(61(64,65)66)59(32-37)70-55-24-12-6-18-47(55)49-35-41(26-28-57(49)70)68-52-21-9-3-15-44(52)45-16-4-10-22-53(45)68/h1-35H. The van der Waals surface area contributed by atoms with E-state index in [1.807, 2.05) is 133 Å². The van der Waals surface area contributed by atoms with Gasteiger partial charge in [0, 0.05) is 60.5 Å². The summed E-state index contributed by atoms with van der Waals surface area (Å²) in [5.41, 5.74) is 6.84. The van der Waals surface area contributed by atoms with E-state index < -0.39 is 23.4 Å². The molecular weight excluding hydrogens is 884 g/mol. The van der Waals surface area contributed by atoms with Crippen LogP contribution in [0.15, 0.2) is 212 Å². The summed E-state index contributed by atoms with van der Waals surface area (Å²) < 4.78 is 88.2. The molecule has 10 aromatic carbocycles. The van der Waals surface area contributed by atoms with E-state index in [0.717, 1.165) is 94.7 Å². The Morgan fingerprint density at radius 2 is 0.557 bits per heavy atom. The third-order valence-electron chi connectivity index (χ3n) is 14.0. The predicted octanol–water partition coefficient (Wildman–Crippen LogP) is 17.0. The minimum Gasteiger partial charge on any atom is -0.309 e. The number of hydrogen-bond acceptors (Lipinski definition) is 0. The minimum atomic E-state index is -4.93. The van der Waals surface area contributed by atoms with E-state index in [1.165, 1.54) is 12.1 Å². The van der Waals surface area contributed by atoms with E-state index >= 15 is 22.0 Å². The Bertz CT molecular complexity index is 4130. The zero-order valence-electron chi connectivity index (χ0n) is 36.9. The summed E-state index contributed by atoms with van der Waals surface area (Å²) in [6.07, 6.45) is -4.93. The quantitative estimate of drug-likeness (QED) is 0.153. The average Bonchev–Trinajstić information content (AvgIpc) is 4.10. The van der Waals surface area contributed by atoms with E-state index in [2.05, 4.69) is 57.7 Å². The Labute approximate surface area is 395 Å². The molecule has 9 heteroatoms. The van der Waals surface area contributed by atoms with E-state index in [0.29, 0.717) is 22.1 Å². The molecule has 0 aliphatic rings. The average molecular weight is 919 g/mol. The van der Waals surface area contributed by atoms with Crippen LogP contribution in [0.1, 0.15) is 5.56 Å². The number of benzene rings is 10. The number of alkyl halides is 3. The van der Waals surface area contributed by atoms with Gasteiger partial charge in [-0.2, -0.15) is 13.2 Å².